The zero-order valence-corrected chi connectivity index (χ0v) is 17.7. The topological polar surface area (TPSA) is 95.3 Å². The summed E-state index contributed by atoms with van der Waals surface area (Å²) < 4.78 is 12.6. The number of unbranched alkanes of at least 4 members (excludes halogenated alkanes) is 1. The number of hydrogen-bond acceptors (Lipinski definition) is 6. The molecule has 0 spiro atoms. The highest BCUT2D eigenvalue weighted by atomic mass is 16.5. The summed E-state index contributed by atoms with van der Waals surface area (Å²) in [6, 6.07) is 12.1. The summed E-state index contributed by atoms with van der Waals surface area (Å²) in [5.41, 5.74) is 1.85. The van der Waals surface area contributed by atoms with Crippen LogP contribution in [0.1, 0.15) is 41.4 Å². The first-order chi connectivity index (χ1) is 15.1. The SMILES string of the molecule is CCCCn1nc(C(=O)NCc2ccc(OCc3ccncc3)c(OC)c2)ccc1=O. The van der Waals surface area contributed by atoms with Crippen LogP contribution in [-0.4, -0.2) is 27.8 Å². The van der Waals surface area contributed by atoms with Crippen molar-refractivity contribution in [2.24, 2.45) is 0 Å². The van der Waals surface area contributed by atoms with E-state index in [1.807, 2.05) is 37.3 Å². The zero-order chi connectivity index (χ0) is 22.1. The van der Waals surface area contributed by atoms with Gasteiger partial charge in [-0.05, 0) is 47.9 Å². The predicted octanol–water partition coefficient (Wildman–Crippen LogP) is 2.96. The van der Waals surface area contributed by atoms with Gasteiger partial charge in [-0.1, -0.05) is 19.4 Å². The van der Waals surface area contributed by atoms with E-state index in [2.05, 4.69) is 15.4 Å². The molecule has 0 saturated carbocycles. The number of hydrogen-bond donors (Lipinski definition) is 1. The maximum atomic E-state index is 12.5. The molecule has 31 heavy (non-hydrogen) atoms. The molecule has 1 amide bonds. The summed E-state index contributed by atoms with van der Waals surface area (Å²) in [5, 5.41) is 6.99. The molecule has 0 aliphatic rings. The van der Waals surface area contributed by atoms with Crippen molar-refractivity contribution in [3.63, 3.8) is 0 Å². The number of aromatic nitrogens is 3. The molecule has 0 unspecified atom stereocenters. The molecule has 8 nitrogen and oxygen atoms in total. The first kappa shape index (κ1) is 22.0. The number of aryl methyl sites for hydroxylation is 1. The predicted molar refractivity (Wildman–Crippen MR) is 116 cm³/mol. The Morgan fingerprint density at radius 3 is 2.61 bits per heavy atom. The molecule has 0 radical (unpaired) electrons. The van der Waals surface area contributed by atoms with Crippen LogP contribution in [0.15, 0.2) is 59.7 Å². The van der Waals surface area contributed by atoms with Gasteiger partial charge in [-0.25, -0.2) is 4.68 Å². The molecule has 2 heterocycles. The van der Waals surface area contributed by atoms with E-state index in [1.54, 1.807) is 19.5 Å². The van der Waals surface area contributed by atoms with Crippen LogP contribution in [0.25, 0.3) is 0 Å². The van der Waals surface area contributed by atoms with Crippen LogP contribution in [0.3, 0.4) is 0 Å². The average molecular weight is 422 g/mol. The second kappa shape index (κ2) is 10.9. The van der Waals surface area contributed by atoms with Gasteiger partial charge < -0.3 is 14.8 Å². The smallest absolute Gasteiger partial charge is 0.271 e. The lowest BCUT2D eigenvalue weighted by molar-refractivity contribution is 0.0943. The van der Waals surface area contributed by atoms with Crippen molar-refractivity contribution in [2.75, 3.05) is 7.11 Å². The molecular weight excluding hydrogens is 396 g/mol. The number of amides is 1. The standard InChI is InChI=1S/C23H26N4O4/c1-3-4-13-27-22(28)8-6-19(26-27)23(29)25-15-18-5-7-20(21(14-18)30-2)31-16-17-9-11-24-12-10-17/h5-12,14H,3-4,13,15-16H2,1-2H3,(H,25,29). The van der Waals surface area contributed by atoms with Crippen molar-refractivity contribution in [2.45, 2.75) is 39.5 Å². The molecule has 0 aliphatic carbocycles. The number of carbonyl (C=O) groups excluding carboxylic acids is 1. The molecule has 1 N–H and O–H groups in total. The Morgan fingerprint density at radius 2 is 1.87 bits per heavy atom. The summed E-state index contributed by atoms with van der Waals surface area (Å²) in [6.45, 7) is 3.21. The van der Waals surface area contributed by atoms with Gasteiger partial charge in [0.1, 0.15) is 12.3 Å². The summed E-state index contributed by atoms with van der Waals surface area (Å²) in [5.74, 6) is 0.841. The van der Waals surface area contributed by atoms with Gasteiger partial charge in [0.05, 0.1) is 7.11 Å². The van der Waals surface area contributed by atoms with Gasteiger partial charge in [-0.2, -0.15) is 5.10 Å². The molecule has 0 fully saturated rings. The molecule has 0 aliphatic heterocycles. The van der Waals surface area contributed by atoms with Crippen LogP contribution in [0.5, 0.6) is 11.5 Å². The highest BCUT2D eigenvalue weighted by Crippen LogP contribution is 2.28. The maximum absolute atomic E-state index is 12.5. The minimum atomic E-state index is -0.345. The largest absolute Gasteiger partial charge is 0.493 e. The highest BCUT2D eigenvalue weighted by molar-refractivity contribution is 5.91. The molecule has 0 bridgehead atoms. The number of nitrogens with zero attached hydrogens (tertiary/aromatic N) is 3. The summed E-state index contributed by atoms with van der Waals surface area (Å²) >= 11 is 0. The van der Waals surface area contributed by atoms with E-state index >= 15 is 0 Å². The van der Waals surface area contributed by atoms with Crippen molar-refractivity contribution < 1.29 is 14.3 Å². The van der Waals surface area contributed by atoms with Crippen LogP contribution in [0.2, 0.25) is 0 Å². The van der Waals surface area contributed by atoms with Crippen LogP contribution in [0.4, 0.5) is 0 Å². The second-order valence-corrected chi connectivity index (χ2v) is 6.95. The van der Waals surface area contributed by atoms with Gasteiger partial charge in [0.25, 0.3) is 11.5 Å². The minimum Gasteiger partial charge on any atom is -0.493 e. The van der Waals surface area contributed by atoms with Crippen molar-refractivity contribution in [1.29, 1.82) is 0 Å². The first-order valence-electron chi connectivity index (χ1n) is 10.2. The lowest BCUT2D eigenvalue weighted by Crippen LogP contribution is -2.29. The summed E-state index contributed by atoms with van der Waals surface area (Å²) in [6.07, 6.45) is 5.20. The molecule has 0 saturated heterocycles. The van der Waals surface area contributed by atoms with Gasteiger partial charge in [0, 0.05) is 31.5 Å². The summed E-state index contributed by atoms with van der Waals surface area (Å²) in [4.78, 5) is 28.3. The molecule has 8 heteroatoms. The van der Waals surface area contributed by atoms with Crippen molar-refractivity contribution >= 4 is 5.91 Å². The minimum absolute atomic E-state index is 0.208. The Kier molecular flexibility index (Phi) is 7.75. The maximum Gasteiger partial charge on any atom is 0.271 e. The van der Waals surface area contributed by atoms with Crippen LogP contribution < -0.4 is 20.3 Å². The quantitative estimate of drug-likeness (QED) is 0.540. The Morgan fingerprint density at radius 1 is 1.06 bits per heavy atom. The van der Waals surface area contributed by atoms with Gasteiger partial charge in [-0.15, -0.1) is 0 Å². The van der Waals surface area contributed by atoms with E-state index in [9.17, 15) is 9.59 Å². The molecule has 162 valence electrons. The van der Waals surface area contributed by atoms with Gasteiger partial charge >= 0.3 is 0 Å². The summed E-state index contributed by atoms with van der Waals surface area (Å²) in [7, 11) is 1.57. The number of rotatable bonds is 10. The van der Waals surface area contributed by atoms with E-state index in [0.29, 0.717) is 24.7 Å². The fourth-order valence-corrected chi connectivity index (χ4v) is 2.89. The van der Waals surface area contributed by atoms with Crippen molar-refractivity contribution in [3.8, 4) is 11.5 Å². The molecular formula is C23H26N4O4. The number of benzene rings is 1. The Labute approximate surface area is 180 Å². The number of pyridine rings is 1. The second-order valence-electron chi connectivity index (χ2n) is 6.95. The van der Waals surface area contributed by atoms with Crippen molar-refractivity contribution in [1.82, 2.24) is 20.1 Å². The van der Waals surface area contributed by atoms with Gasteiger partial charge in [-0.3, -0.25) is 14.6 Å². The Bertz CT molecular complexity index is 1070. The normalized spacial score (nSPS) is 10.5. The third-order valence-corrected chi connectivity index (χ3v) is 4.65. The fraction of sp³-hybridized carbons (Fsp3) is 0.304. The zero-order valence-electron chi connectivity index (χ0n) is 17.7. The third kappa shape index (κ3) is 6.15. The monoisotopic (exact) mass is 422 g/mol. The van der Waals surface area contributed by atoms with E-state index in [4.69, 9.17) is 9.47 Å². The lowest BCUT2D eigenvalue weighted by atomic mass is 10.2. The van der Waals surface area contributed by atoms with Crippen LogP contribution in [-0.2, 0) is 19.7 Å². The van der Waals surface area contributed by atoms with Crippen LogP contribution in [0, 0.1) is 0 Å². The lowest BCUT2D eigenvalue weighted by Gasteiger charge is -2.13. The van der Waals surface area contributed by atoms with Crippen LogP contribution >= 0.6 is 0 Å². The Hall–Kier alpha value is -3.68. The Balaban J connectivity index is 1.62. The third-order valence-electron chi connectivity index (χ3n) is 4.65. The van der Waals surface area contributed by atoms with E-state index in [1.165, 1.54) is 16.8 Å². The van der Waals surface area contributed by atoms with Gasteiger partial charge in [0.15, 0.2) is 11.5 Å². The molecule has 1 aromatic carbocycles. The van der Waals surface area contributed by atoms with E-state index in [0.717, 1.165) is 24.0 Å². The van der Waals surface area contributed by atoms with Crippen molar-refractivity contribution in [3.05, 3.63) is 82.0 Å². The first-order valence-corrected chi connectivity index (χ1v) is 10.2. The molecule has 3 aromatic rings. The van der Waals surface area contributed by atoms with E-state index in [-0.39, 0.29) is 23.7 Å². The molecule has 2 aromatic heterocycles. The van der Waals surface area contributed by atoms with E-state index < -0.39 is 0 Å². The number of ether oxygens (including phenoxy) is 2. The molecule has 3 rings (SSSR count). The fourth-order valence-electron chi connectivity index (χ4n) is 2.89. The molecule has 0 atom stereocenters. The number of nitrogens with one attached hydrogen (secondary N) is 1. The number of carbonyl (C=O) groups is 1. The average Bonchev–Trinajstić information content (AvgIpc) is 2.81. The number of methoxy groups -OCH3 is 1. The highest BCUT2D eigenvalue weighted by Gasteiger charge is 2.11. The van der Waals surface area contributed by atoms with Gasteiger partial charge in [0.2, 0.25) is 0 Å².